The number of fused-ring (bicyclic) bond motifs is 2. The summed E-state index contributed by atoms with van der Waals surface area (Å²) in [5, 5.41) is 0.969. The van der Waals surface area contributed by atoms with Crippen molar-refractivity contribution in [2.45, 2.75) is 63.8 Å². The number of hydrogen-bond donors (Lipinski definition) is 0. The summed E-state index contributed by atoms with van der Waals surface area (Å²) in [5.74, 6) is 2.94. The van der Waals surface area contributed by atoms with Gasteiger partial charge in [-0.2, -0.15) is 0 Å². The molecule has 5 rings (SSSR count). The van der Waals surface area contributed by atoms with Crippen LogP contribution in [0.3, 0.4) is 0 Å². The standard InChI is InChI=1S/C28H32N2O4/c1-2-3-15-32-22-8-6-9-23(17-22)33-24-10-11-26-25(18-24)27(28(34-26)29-19-31)20-12-14-30-13-5-4-7-21(30)16-20/h6,8-11,17-18,20-21H,2-5,7,12-16H2,1H3. The monoisotopic (exact) mass is 460 g/mol. The second kappa shape index (κ2) is 10.5. The van der Waals surface area contributed by atoms with Crippen LogP contribution < -0.4 is 9.47 Å². The van der Waals surface area contributed by atoms with Gasteiger partial charge in [0.25, 0.3) is 0 Å². The summed E-state index contributed by atoms with van der Waals surface area (Å²) in [6.07, 6.45) is 9.74. The van der Waals surface area contributed by atoms with E-state index in [4.69, 9.17) is 13.9 Å². The van der Waals surface area contributed by atoms with Crippen LogP contribution in [0.4, 0.5) is 5.88 Å². The van der Waals surface area contributed by atoms with E-state index in [0.29, 0.717) is 24.5 Å². The van der Waals surface area contributed by atoms with Gasteiger partial charge in [-0.15, -0.1) is 4.99 Å². The van der Waals surface area contributed by atoms with E-state index in [1.165, 1.54) is 25.8 Å². The number of benzene rings is 2. The van der Waals surface area contributed by atoms with E-state index in [-0.39, 0.29) is 0 Å². The Morgan fingerprint density at radius 2 is 1.97 bits per heavy atom. The SMILES string of the molecule is CCCCOc1cccc(Oc2ccc3oc(N=C=O)c(C4CCN5CCCCC5C4)c3c2)c1. The quantitative estimate of drug-likeness (QED) is 0.204. The van der Waals surface area contributed by atoms with Crippen LogP contribution in [0.1, 0.15) is 63.4 Å². The van der Waals surface area contributed by atoms with Crippen LogP contribution >= 0.6 is 0 Å². The van der Waals surface area contributed by atoms with Crippen LogP contribution in [-0.4, -0.2) is 36.7 Å². The Bertz CT molecular complexity index is 1180. The number of ether oxygens (including phenoxy) is 2. The van der Waals surface area contributed by atoms with Crippen molar-refractivity contribution in [2.24, 2.45) is 4.99 Å². The summed E-state index contributed by atoms with van der Waals surface area (Å²) < 4.78 is 18.0. The molecule has 2 unspecified atom stereocenters. The Labute approximate surface area is 200 Å². The molecule has 6 heteroatoms. The third-order valence-corrected chi connectivity index (χ3v) is 7.11. The summed E-state index contributed by atoms with van der Waals surface area (Å²) in [7, 11) is 0. The number of carbonyl (C=O) groups excluding carboxylic acids is 1. The zero-order valence-corrected chi connectivity index (χ0v) is 19.8. The number of rotatable bonds is 8. The van der Waals surface area contributed by atoms with Crippen molar-refractivity contribution in [1.29, 1.82) is 0 Å². The van der Waals surface area contributed by atoms with E-state index in [9.17, 15) is 4.79 Å². The summed E-state index contributed by atoms with van der Waals surface area (Å²) in [6.45, 7) is 5.12. The van der Waals surface area contributed by atoms with Crippen LogP contribution in [0, 0.1) is 0 Å². The molecule has 0 amide bonds. The summed E-state index contributed by atoms with van der Waals surface area (Å²) in [5.41, 5.74) is 1.74. The zero-order chi connectivity index (χ0) is 23.3. The van der Waals surface area contributed by atoms with Gasteiger partial charge in [0.1, 0.15) is 22.8 Å². The second-order valence-electron chi connectivity index (χ2n) is 9.37. The second-order valence-corrected chi connectivity index (χ2v) is 9.37. The highest BCUT2D eigenvalue weighted by atomic mass is 16.5. The molecule has 2 atom stereocenters. The predicted octanol–water partition coefficient (Wildman–Crippen LogP) is 7.10. The van der Waals surface area contributed by atoms with Gasteiger partial charge in [-0.1, -0.05) is 25.8 Å². The van der Waals surface area contributed by atoms with Crippen LogP contribution in [0.2, 0.25) is 0 Å². The fourth-order valence-corrected chi connectivity index (χ4v) is 5.41. The Morgan fingerprint density at radius 3 is 2.85 bits per heavy atom. The van der Waals surface area contributed by atoms with Gasteiger partial charge in [0.05, 0.1) is 6.61 Å². The molecule has 178 valence electrons. The molecule has 3 heterocycles. The normalized spacial score (nSPS) is 20.5. The Hall–Kier alpha value is -3.08. The Morgan fingerprint density at radius 1 is 1.09 bits per heavy atom. The molecule has 0 spiro atoms. The molecule has 6 nitrogen and oxygen atoms in total. The van der Waals surface area contributed by atoms with E-state index in [2.05, 4.69) is 16.8 Å². The molecule has 2 fully saturated rings. The fourth-order valence-electron chi connectivity index (χ4n) is 5.41. The molecule has 0 bridgehead atoms. The summed E-state index contributed by atoms with van der Waals surface area (Å²) >= 11 is 0. The summed E-state index contributed by atoms with van der Waals surface area (Å²) in [6, 6.07) is 14.1. The Kier molecular flexibility index (Phi) is 6.98. The average molecular weight is 461 g/mol. The van der Waals surface area contributed by atoms with Crippen molar-refractivity contribution in [3.05, 3.63) is 48.0 Å². The number of nitrogens with zero attached hydrogens (tertiary/aromatic N) is 2. The maximum absolute atomic E-state index is 11.2. The van der Waals surface area contributed by atoms with Gasteiger partial charge in [0.15, 0.2) is 0 Å². The third kappa shape index (κ3) is 4.89. The molecule has 2 saturated heterocycles. The highest BCUT2D eigenvalue weighted by Crippen LogP contribution is 2.45. The van der Waals surface area contributed by atoms with Gasteiger partial charge in [-0.25, -0.2) is 4.79 Å². The van der Waals surface area contributed by atoms with E-state index in [1.807, 2.05) is 42.5 Å². The average Bonchev–Trinajstić information content (AvgIpc) is 3.21. The first-order valence-corrected chi connectivity index (χ1v) is 12.5. The molecule has 3 aromatic rings. The number of furan rings is 1. The highest BCUT2D eigenvalue weighted by molar-refractivity contribution is 5.87. The topological polar surface area (TPSA) is 64.3 Å². The minimum absolute atomic E-state index is 0.304. The lowest BCUT2D eigenvalue weighted by Gasteiger charge is -2.42. The molecular formula is C28H32N2O4. The number of hydrogen-bond acceptors (Lipinski definition) is 6. The number of isocyanates is 1. The number of aliphatic imine (C=N–C) groups is 1. The molecule has 2 aromatic carbocycles. The molecule has 34 heavy (non-hydrogen) atoms. The fraction of sp³-hybridized carbons (Fsp3) is 0.464. The highest BCUT2D eigenvalue weighted by Gasteiger charge is 2.34. The van der Waals surface area contributed by atoms with Gasteiger partial charge in [-0.05, 0) is 81.4 Å². The largest absolute Gasteiger partial charge is 0.493 e. The minimum atomic E-state index is 0.304. The summed E-state index contributed by atoms with van der Waals surface area (Å²) in [4.78, 5) is 17.7. The van der Waals surface area contributed by atoms with Crippen molar-refractivity contribution in [1.82, 2.24) is 4.90 Å². The van der Waals surface area contributed by atoms with Crippen molar-refractivity contribution in [3.8, 4) is 17.2 Å². The molecule has 1 aromatic heterocycles. The molecule has 0 radical (unpaired) electrons. The first-order valence-electron chi connectivity index (χ1n) is 12.5. The van der Waals surface area contributed by atoms with Gasteiger partial charge >= 0.3 is 0 Å². The predicted molar refractivity (Wildman–Crippen MR) is 132 cm³/mol. The van der Waals surface area contributed by atoms with Gasteiger partial charge in [0, 0.05) is 23.1 Å². The van der Waals surface area contributed by atoms with E-state index in [1.54, 1.807) is 6.08 Å². The lowest BCUT2D eigenvalue weighted by molar-refractivity contribution is 0.0977. The third-order valence-electron chi connectivity index (χ3n) is 7.11. The maximum Gasteiger partial charge on any atom is 0.243 e. The molecular weight excluding hydrogens is 428 g/mol. The van der Waals surface area contributed by atoms with Crippen molar-refractivity contribution >= 4 is 22.9 Å². The number of unbranched alkanes of at least 4 members (excludes halogenated alkanes) is 1. The molecule has 0 saturated carbocycles. The van der Waals surface area contributed by atoms with Gasteiger partial charge in [0.2, 0.25) is 12.0 Å². The molecule has 0 N–H and O–H groups in total. The first kappa shape index (κ1) is 22.7. The molecule has 2 aliphatic heterocycles. The Balaban J connectivity index is 1.42. The molecule has 2 aliphatic rings. The van der Waals surface area contributed by atoms with Crippen molar-refractivity contribution in [2.75, 3.05) is 19.7 Å². The maximum atomic E-state index is 11.2. The van der Waals surface area contributed by atoms with Crippen molar-refractivity contribution < 1.29 is 18.7 Å². The lowest BCUT2D eigenvalue weighted by Crippen LogP contribution is -2.44. The lowest BCUT2D eigenvalue weighted by atomic mass is 9.81. The van der Waals surface area contributed by atoms with Crippen LogP contribution in [0.5, 0.6) is 17.2 Å². The van der Waals surface area contributed by atoms with E-state index >= 15 is 0 Å². The van der Waals surface area contributed by atoms with Crippen LogP contribution in [-0.2, 0) is 4.79 Å². The van der Waals surface area contributed by atoms with E-state index in [0.717, 1.165) is 66.0 Å². The minimum Gasteiger partial charge on any atom is -0.493 e. The van der Waals surface area contributed by atoms with E-state index < -0.39 is 0 Å². The van der Waals surface area contributed by atoms with Gasteiger partial charge in [-0.3, -0.25) is 0 Å². The van der Waals surface area contributed by atoms with Crippen molar-refractivity contribution in [3.63, 3.8) is 0 Å². The van der Waals surface area contributed by atoms with Gasteiger partial charge < -0.3 is 18.8 Å². The van der Waals surface area contributed by atoms with Crippen LogP contribution in [0.15, 0.2) is 51.9 Å². The smallest absolute Gasteiger partial charge is 0.243 e. The number of piperidine rings is 2. The molecule has 0 aliphatic carbocycles. The van der Waals surface area contributed by atoms with Crippen LogP contribution in [0.25, 0.3) is 11.0 Å². The zero-order valence-electron chi connectivity index (χ0n) is 19.8. The first-order chi connectivity index (χ1) is 16.7.